The molecule has 2 aliphatic rings. The van der Waals surface area contributed by atoms with E-state index in [0.717, 1.165) is 19.4 Å². The van der Waals surface area contributed by atoms with Crippen LogP contribution < -0.4 is 5.43 Å². The molecule has 0 aromatic rings. The van der Waals surface area contributed by atoms with Crippen molar-refractivity contribution in [2.75, 3.05) is 6.54 Å². The van der Waals surface area contributed by atoms with Gasteiger partial charge in [-0.05, 0) is 12.0 Å². The van der Waals surface area contributed by atoms with Gasteiger partial charge in [-0.15, -0.1) is 0 Å². The predicted octanol–water partition coefficient (Wildman–Crippen LogP) is 1.22. The van der Waals surface area contributed by atoms with E-state index in [2.05, 4.69) is 28.8 Å². The van der Waals surface area contributed by atoms with E-state index in [1.807, 2.05) is 0 Å². The van der Waals surface area contributed by atoms with Gasteiger partial charge >= 0.3 is 0 Å². The Morgan fingerprint density at radius 2 is 2.20 bits per heavy atom. The number of hydrogen-bond donors (Lipinski definition) is 1. The summed E-state index contributed by atoms with van der Waals surface area (Å²) in [5, 5.41) is 4.20. The second-order valence-electron chi connectivity index (χ2n) is 2.53. The predicted molar refractivity (Wildman–Crippen MR) is 41.9 cm³/mol. The van der Waals surface area contributed by atoms with Gasteiger partial charge in [0.1, 0.15) is 0 Å². The molecule has 0 aromatic carbocycles. The third-order valence-corrected chi connectivity index (χ3v) is 1.84. The molecule has 52 valence electrons. The van der Waals surface area contributed by atoms with E-state index in [1.54, 1.807) is 0 Å². The monoisotopic (exact) mass is 134 g/mol. The lowest BCUT2D eigenvalue weighted by atomic mass is 9.98. The van der Waals surface area contributed by atoms with E-state index >= 15 is 0 Å². The quantitative estimate of drug-likeness (QED) is 0.495. The SMILES string of the molecule is C1=CCC2=NNCC=C2C1. The summed E-state index contributed by atoms with van der Waals surface area (Å²) in [4.78, 5) is 0. The minimum Gasteiger partial charge on any atom is -0.306 e. The summed E-state index contributed by atoms with van der Waals surface area (Å²) in [6.07, 6.45) is 8.66. The normalized spacial score (nSPS) is 22.4. The van der Waals surface area contributed by atoms with Crippen LogP contribution in [-0.4, -0.2) is 12.3 Å². The fraction of sp³-hybridized carbons (Fsp3) is 0.375. The number of hydrogen-bond acceptors (Lipinski definition) is 2. The third kappa shape index (κ3) is 0.856. The summed E-state index contributed by atoms with van der Waals surface area (Å²) in [6.45, 7) is 0.896. The zero-order valence-corrected chi connectivity index (χ0v) is 5.80. The van der Waals surface area contributed by atoms with Gasteiger partial charge < -0.3 is 5.43 Å². The summed E-state index contributed by atoms with van der Waals surface area (Å²) in [7, 11) is 0. The molecule has 0 saturated carbocycles. The number of rotatable bonds is 0. The van der Waals surface area contributed by atoms with Crippen molar-refractivity contribution in [1.82, 2.24) is 5.43 Å². The Labute approximate surface area is 60.3 Å². The Morgan fingerprint density at radius 3 is 3.10 bits per heavy atom. The largest absolute Gasteiger partial charge is 0.306 e. The van der Waals surface area contributed by atoms with Crippen LogP contribution in [0.1, 0.15) is 12.8 Å². The molecule has 1 aliphatic heterocycles. The van der Waals surface area contributed by atoms with Crippen LogP contribution in [0.15, 0.2) is 28.9 Å². The zero-order valence-electron chi connectivity index (χ0n) is 5.80. The van der Waals surface area contributed by atoms with Crippen LogP contribution in [0.25, 0.3) is 0 Å². The standard InChI is InChI=1S/C8H10N2/c1-2-4-8-7(3-1)5-6-9-10-8/h1-2,5,9H,3-4,6H2. The molecule has 0 unspecified atom stereocenters. The van der Waals surface area contributed by atoms with Crippen LogP contribution in [0.5, 0.6) is 0 Å². The third-order valence-electron chi connectivity index (χ3n) is 1.84. The molecule has 0 radical (unpaired) electrons. The molecule has 2 heteroatoms. The molecular formula is C8H10N2. The van der Waals surface area contributed by atoms with Gasteiger partial charge in [-0.2, -0.15) is 5.10 Å². The first kappa shape index (κ1) is 5.71. The molecule has 1 heterocycles. The number of nitrogens with one attached hydrogen (secondary N) is 1. The molecule has 0 fully saturated rings. The Balaban J connectivity index is 2.30. The van der Waals surface area contributed by atoms with Crippen LogP contribution in [-0.2, 0) is 0 Å². The molecule has 0 saturated heterocycles. The van der Waals surface area contributed by atoms with E-state index in [4.69, 9.17) is 0 Å². The first-order valence-electron chi connectivity index (χ1n) is 3.60. The Kier molecular flexibility index (Phi) is 1.31. The molecule has 0 amide bonds. The summed E-state index contributed by atoms with van der Waals surface area (Å²) < 4.78 is 0. The minimum atomic E-state index is 0.896. The van der Waals surface area contributed by atoms with Gasteiger partial charge in [0.25, 0.3) is 0 Å². The lowest BCUT2D eigenvalue weighted by Gasteiger charge is -2.16. The van der Waals surface area contributed by atoms with E-state index in [9.17, 15) is 0 Å². The summed E-state index contributed by atoms with van der Waals surface area (Å²) in [5.41, 5.74) is 5.58. The lowest BCUT2D eigenvalue weighted by molar-refractivity contribution is 0.799. The number of nitrogens with zero attached hydrogens (tertiary/aromatic N) is 1. The smallest absolute Gasteiger partial charge is 0.0673 e. The molecule has 2 rings (SSSR count). The summed E-state index contributed by atoms with van der Waals surface area (Å²) >= 11 is 0. The first-order valence-corrected chi connectivity index (χ1v) is 3.60. The highest BCUT2D eigenvalue weighted by Crippen LogP contribution is 2.15. The van der Waals surface area contributed by atoms with Crippen LogP contribution in [0, 0.1) is 0 Å². The van der Waals surface area contributed by atoms with Crippen molar-refractivity contribution >= 4 is 5.71 Å². The highest BCUT2D eigenvalue weighted by atomic mass is 15.3. The zero-order chi connectivity index (χ0) is 6.81. The van der Waals surface area contributed by atoms with Gasteiger partial charge in [-0.3, -0.25) is 0 Å². The van der Waals surface area contributed by atoms with Crippen molar-refractivity contribution in [3.05, 3.63) is 23.8 Å². The molecule has 10 heavy (non-hydrogen) atoms. The highest BCUT2D eigenvalue weighted by molar-refractivity contribution is 6.02. The average molecular weight is 134 g/mol. The fourth-order valence-electron chi connectivity index (χ4n) is 1.28. The molecular weight excluding hydrogens is 124 g/mol. The lowest BCUT2D eigenvalue weighted by Crippen LogP contribution is -2.19. The van der Waals surface area contributed by atoms with Gasteiger partial charge in [-0.25, -0.2) is 0 Å². The maximum atomic E-state index is 4.20. The first-order chi connectivity index (χ1) is 4.97. The van der Waals surface area contributed by atoms with Crippen LogP contribution >= 0.6 is 0 Å². The van der Waals surface area contributed by atoms with Crippen molar-refractivity contribution in [2.45, 2.75) is 12.8 Å². The second kappa shape index (κ2) is 2.29. The van der Waals surface area contributed by atoms with Crippen molar-refractivity contribution in [3.63, 3.8) is 0 Å². The average Bonchev–Trinajstić information content (AvgIpc) is 2.05. The molecule has 0 atom stereocenters. The van der Waals surface area contributed by atoms with E-state index in [1.165, 1.54) is 11.3 Å². The topological polar surface area (TPSA) is 24.4 Å². The number of hydrazone groups is 1. The van der Waals surface area contributed by atoms with Gasteiger partial charge in [0.2, 0.25) is 0 Å². The number of fused-ring (bicyclic) bond motifs is 1. The molecule has 0 bridgehead atoms. The van der Waals surface area contributed by atoms with Gasteiger partial charge in [0.05, 0.1) is 12.3 Å². The van der Waals surface area contributed by atoms with Crippen LogP contribution in [0.3, 0.4) is 0 Å². The van der Waals surface area contributed by atoms with Gasteiger partial charge in [0.15, 0.2) is 0 Å². The van der Waals surface area contributed by atoms with Crippen molar-refractivity contribution in [3.8, 4) is 0 Å². The second-order valence-corrected chi connectivity index (χ2v) is 2.53. The van der Waals surface area contributed by atoms with Gasteiger partial charge in [0, 0.05) is 6.42 Å². The van der Waals surface area contributed by atoms with E-state index < -0.39 is 0 Å². The maximum absolute atomic E-state index is 4.20. The summed E-state index contributed by atoms with van der Waals surface area (Å²) in [5.74, 6) is 0. The van der Waals surface area contributed by atoms with E-state index in [0.29, 0.717) is 0 Å². The molecule has 1 aliphatic carbocycles. The summed E-state index contributed by atoms with van der Waals surface area (Å²) in [6, 6.07) is 0. The molecule has 0 spiro atoms. The minimum absolute atomic E-state index is 0.896. The highest BCUT2D eigenvalue weighted by Gasteiger charge is 2.10. The maximum Gasteiger partial charge on any atom is 0.0673 e. The fourth-order valence-corrected chi connectivity index (χ4v) is 1.28. The van der Waals surface area contributed by atoms with Gasteiger partial charge in [-0.1, -0.05) is 18.2 Å². The number of allylic oxidation sites excluding steroid dienone is 3. The Bertz CT molecular complexity index is 199. The van der Waals surface area contributed by atoms with Crippen molar-refractivity contribution in [1.29, 1.82) is 0 Å². The molecule has 1 N–H and O–H groups in total. The van der Waals surface area contributed by atoms with E-state index in [-0.39, 0.29) is 0 Å². The van der Waals surface area contributed by atoms with Crippen LogP contribution in [0.4, 0.5) is 0 Å². The molecule has 2 nitrogen and oxygen atoms in total. The Hall–Kier alpha value is -1.05. The van der Waals surface area contributed by atoms with Crippen molar-refractivity contribution in [2.24, 2.45) is 5.10 Å². The van der Waals surface area contributed by atoms with Crippen LogP contribution in [0.2, 0.25) is 0 Å². The van der Waals surface area contributed by atoms with Crippen molar-refractivity contribution < 1.29 is 0 Å². The Morgan fingerprint density at radius 1 is 1.30 bits per heavy atom. The molecule has 0 aromatic heterocycles.